The second-order valence-corrected chi connectivity index (χ2v) is 10.4. The predicted molar refractivity (Wildman–Crippen MR) is 139 cm³/mol. The number of para-hydroxylation sites is 2. The van der Waals surface area contributed by atoms with E-state index < -0.39 is 47.4 Å². The van der Waals surface area contributed by atoms with Crippen LogP contribution in [0.15, 0.2) is 54.6 Å². The van der Waals surface area contributed by atoms with Gasteiger partial charge in [0.25, 0.3) is 0 Å². The molecule has 6 nitrogen and oxygen atoms in total. The molecule has 1 saturated carbocycles. The number of aliphatic hydroxyl groups is 1. The molecule has 1 aliphatic carbocycles. The Bertz CT molecular complexity index is 1440. The lowest BCUT2D eigenvalue weighted by Crippen LogP contribution is -2.53. The molecule has 1 fully saturated rings. The van der Waals surface area contributed by atoms with Gasteiger partial charge in [0, 0.05) is 42.1 Å². The zero-order valence-corrected chi connectivity index (χ0v) is 21.8. The van der Waals surface area contributed by atoms with Gasteiger partial charge in [0.2, 0.25) is 5.88 Å². The van der Waals surface area contributed by atoms with Crippen molar-refractivity contribution < 1.29 is 28.1 Å². The Hall–Kier alpha value is -3.30. The number of nitrogens with zero attached hydrogens (tertiary/aromatic N) is 3. The number of rotatable bonds is 7. The third-order valence-electron chi connectivity index (χ3n) is 7.76. The Labute approximate surface area is 219 Å². The van der Waals surface area contributed by atoms with E-state index in [9.17, 15) is 23.4 Å². The molecule has 4 aromatic rings. The first-order valence-corrected chi connectivity index (χ1v) is 12.8. The Balaban J connectivity index is 1.61. The number of aromatic hydroxyl groups is 1. The van der Waals surface area contributed by atoms with E-state index in [0.717, 1.165) is 39.8 Å². The average molecular weight is 528 g/mol. The maximum atomic E-state index is 14.2. The largest absolute Gasteiger partial charge is 0.493 e. The number of aryl methyl sites for hydroxylation is 1. The molecule has 0 aliphatic heterocycles. The second kappa shape index (κ2) is 9.78. The smallest absolute Gasteiger partial charge is 0.435 e. The van der Waals surface area contributed by atoms with Crippen molar-refractivity contribution in [3.05, 3.63) is 77.1 Å². The summed E-state index contributed by atoms with van der Waals surface area (Å²) in [5.41, 5.74) is 1.45. The Morgan fingerprint density at radius 2 is 1.63 bits per heavy atom. The van der Waals surface area contributed by atoms with E-state index >= 15 is 0 Å². The van der Waals surface area contributed by atoms with Crippen molar-refractivity contribution in [1.82, 2.24) is 14.3 Å². The fraction of sp³-hybridized carbons (Fsp3) is 0.414. The molecule has 2 N–H and O–H groups in total. The van der Waals surface area contributed by atoms with Crippen LogP contribution in [0.1, 0.15) is 54.6 Å². The lowest BCUT2D eigenvalue weighted by molar-refractivity contribution is -0.145. The summed E-state index contributed by atoms with van der Waals surface area (Å²) in [4.78, 5) is 0. The number of aromatic nitrogens is 3. The van der Waals surface area contributed by atoms with Crippen molar-refractivity contribution >= 4 is 10.9 Å². The molecule has 2 aromatic carbocycles. The van der Waals surface area contributed by atoms with Gasteiger partial charge in [0.05, 0.1) is 23.5 Å². The molecule has 1 aliphatic rings. The van der Waals surface area contributed by atoms with Crippen molar-refractivity contribution in [3.8, 4) is 11.6 Å². The molecule has 5 rings (SSSR count). The van der Waals surface area contributed by atoms with Crippen LogP contribution in [0.2, 0.25) is 0 Å². The molecule has 4 unspecified atom stereocenters. The maximum Gasteiger partial charge on any atom is 0.435 e. The SMILES string of the molecule is COC1C(c2c(C(F)(F)F)nn(-c3ccccc3)c2O)C(O)C1c1c(C)n(CCC(C)C)c2ccccc12. The van der Waals surface area contributed by atoms with Crippen molar-refractivity contribution in [2.24, 2.45) is 5.92 Å². The van der Waals surface area contributed by atoms with E-state index in [1.165, 1.54) is 7.11 Å². The summed E-state index contributed by atoms with van der Waals surface area (Å²) in [5.74, 6) is -1.84. The van der Waals surface area contributed by atoms with E-state index in [4.69, 9.17) is 4.74 Å². The Kier molecular flexibility index (Phi) is 6.77. The molecule has 0 bridgehead atoms. The van der Waals surface area contributed by atoms with Crippen LogP contribution in [-0.4, -0.2) is 43.9 Å². The highest BCUT2D eigenvalue weighted by Gasteiger charge is 2.57. The monoisotopic (exact) mass is 527 g/mol. The number of benzene rings is 2. The lowest BCUT2D eigenvalue weighted by atomic mass is 9.62. The summed E-state index contributed by atoms with van der Waals surface area (Å²) < 4.78 is 51.3. The molecule has 0 saturated heterocycles. The summed E-state index contributed by atoms with van der Waals surface area (Å²) in [6.07, 6.45) is -5.89. The predicted octanol–water partition coefficient (Wildman–Crippen LogP) is 6.16. The van der Waals surface area contributed by atoms with Gasteiger partial charge in [0.15, 0.2) is 5.69 Å². The average Bonchev–Trinajstić information content (AvgIpc) is 3.36. The van der Waals surface area contributed by atoms with Crippen molar-refractivity contribution in [3.63, 3.8) is 0 Å². The van der Waals surface area contributed by atoms with Gasteiger partial charge in [-0.2, -0.15) is 18.3 Å². The van der Waals surface area contributed by atoms with Crippen molar-refractivity contribution in [1.29, 1.82) is 0 Å². The van der Waals surface area contributed by atoms with E-state index in [2.05, 4.69) is 23.5 Å². The van der Waals surface area contributed by atoms with Gasteiger partial charge < -0.3 is 19.5 Å². The van der Waals surface area contributed by atoms with Crippen LogP contribution in [0.3, 0.4) is 0 Å². The fourth-order valence-corrected chi connectivity index (χ4v) is 5.89. The van der Waals surface area contributed by atoms with Crippen LogP contribution >= 0.6 is 0 Å². The lowest BCUT2D eigenvalue weighted by Gasteiger charge is -2.48. The van der Waals surface area contributed by atoms with Gasteiger partial charge in [0.1, 0.15) is 0 Å². The first kappa shape index (κ1) is 26.3. The summed E-state index contributed by atoms with van der Waals surface area (Å²) in [6, 6.07) is 16.0. The molecule has 0 spiro atoms. The van der Waals surface area contributed by atoms with Gasteiger partial charge >= 0.3 is 6.18 Å². The van der Waals surface area contributed by atoms with Crippen molar-refractivity contribution in [2.45, 2.75) is 64.0 Å². The molecule has 0 amide bonds. The van der Waals surface area contributed by atoms with Gasteiger partial charge in [-0.25, -0.2) is 4.68 Å². The quantitative estimate of drug-likeness (QED) is 0.302. The van der Waals surface area contributed by atoms with E-state index in [1.807, 2.05) is 31.2 Å². The molecule has 9 heteroatoms. The van der Waals surface area contributed by atoms with Crippen LogP contribution in [0.5, 0.6) is 5.88 Å². The highest BCUT2D eigenvalue weighted by atomic mass is 19.4. The number of ether oxygens (including phenoxy) is 1. The third kappa shape index (κ3) is 4.18. The minimum Gasteiger partial charge on any atom is -0.493 e. The molecule has 2 heterocycles. The molecule has 202 valence electrons. The number of hydrogen-bond acceptors (Lipinski definition) is 4. The molecular formula is C29H32F3N3O3. The maximum absolute atomic E-state index is 14.2. The first-order chi connectivity index (χ1) is 18.1. The molecule has 2 aromatic heterocycles. The highest BCUT2D eigenvalue weighted by Crippen LogP contribution is 2.56. The summed E-state index contributed by atoms with van der Waals surface area (Å²) in [6.45, 7) is 7.08. The summed E-state index contributed by atoms with van der Waals surface area (Å²) in [5, 5.41) is 27.2. The normalized spacial score (nSPS) is 21.8. The van der Waals surface area contributed by atoms with Gasteiger partial charge in [-0.15, -0.1) is 0 Å². The fourth-order valence-electron chi connectivity index (χ4n) is 5.89. The minimum absolute atomic E-state index is 0.283. The first-order valence-electron chi connectivity index (χ1n) is 12.8. The molecular weight excluding hydrogens is 495 g/mol. The molecule has 0 radical (unpaired) electrons. The topological polar surface area (TPSA) is 72.4 Å². The van der Waals surface area contributed by atoms with Crippen LogP contribution in [-0.2, 0) is 17.5 Å². The van der Waals surface area contributed by atoms with Crippen LogP contribution in [0.25, 0.3) is 16.6 Å². The van der Waals surface area contributed by atoms with Crippen LogP contribution in [0.4, 0.5) is 13.2 Å². The Morgan fingerprint density at radius 3 is 2.26 bits per heavy atom. The molecule has 4 atom stereocenters. The second-order valence-electron chi connectivity index (χ2n) is 10.4. The van der Waals surface area contributed by atoms with Gasteiger partial charge in [-0.05, 0) is 43.0 Å². The number of aliphatic hydroxyl groups excluding tert-OH is 1. The van der Waals surface area contributed by atoms with Crippen LogP contribution in [0, 0.1) is 12.8 Å². The number of methoxy groups -OCH3 is 1. The zero-order valence-electron chi connectivity index (χ0n) is 21.8. The zero-order chi connectivity index (χ0) is 27.4. The summed E-state index contributed by atoms with van der Waals surface area (Å²) >= 11 is 0. The highest BCUT2D eigenvalue weighted by molar-refractivity contribution is 5.86. The van der Waals surface area contributed by atoms with Crippen molar-refractivity contribution in [2.75, 3.05) is 7.11 Å². The minimum atomic E-state index is -4.83. The summed E-state index contributed by atoms with van der Waals surface area (Å²) in [7, 11) is 1.43. The Morgan fingerprint density at radius 1 is 1.00 bits per heavy atom. The molecule has 38 heavy (non-hydrogen) atoms. The van der Waals surface area contributed by atoms with E-state index in [-0.39, 0.29) is 5.69 Å². The van der Waals surface area contributed by atoms with Crippen LogP contribution < -0.4 is 0 Å². The van der Waals surface area contributed by atoms with Gasteiger partial charge in [-0.3, -0.25) is 0 Å². The van der Waals surface area contributed by atoms with E-state index in [1.54, 1.807) is 30.3 Å². The number of fused-ring (bicyclic) bond motifs is 1. The number of alkyl halides is 3. The number of halogens is 3. The third-order valence-corrected chi connectivity index (χ3v) is 7.76. The standard InChI is InChI=1S/C29H32F3N3O3/c1-16(2)14-15-34-17(3)21(19-12-8-9-13-20(19)34)22-25(36)23(26(22)38-4)24-27(29(30,31)32)33-35(28(24)37)18-10-6-5-7-11-18/h5-13,16,22-23,25-26,36-37H,14-15H2,1-4H3. The van der Waals surface area contributed by atoms with E-state index in [0.29, 0.717) is 5.92 Å². The number of hydrogen-bond donors (Lipinski definition) is 2. The van der Waals surface area contributed by atoms with Gasteiger partial charge in [-0.1, -0.05) is 50.2 Å².